The quantitative estimate of drug-likeness (QED) is 0.864. The first-order valence-electron chi connectivity index (χ1n) is 6.25. The molecular formula is C12H15ClF3N3. The predicted octanol–water partition coefficient (Wildman–Crippen LogP) is 3.70. The van der Waals surface area contributed by atoms with Crippen molar-refractivity contribution in [2.24, 2.45) is 5.92 Å². The lowest BCUT2D eigenvalue weighted by molar-refractivity contribution is -0.141. The molecule has 0 radical (unpaired) electrons. The average molecular weight is 294 g/mol. The van der Waals surface area contributed by atoms with Crippen LogP contribution in [0, 0.1) is 5.92 Å². The van der Waals surface area contributed by atoms with Crippen molar-refractivity contribution in [3.05, 3.63) is 17.8 Å². The van der Waals surface area contributed by atoms with E-state index in [9.17, 15) is 13.2 Å². The molecule has 1 aromatic rings. The lowest BCUT2D eigenvalue weighted by atomic mass is 9.89. The summed E-state index contributed by atoms with van der Waals surface area (Å²) in [6.45, 7) is 0.619. The van der Waals surface area contributed by atoms with E-state index in [1.807, 2.05) is 0 Å². The van der Waals surface area contributed by atoms with Crippen LogP contribution in [0.15, 0.2) is 12.1 Å². The van der Waals surface area contributed by atoms with Gasteiger partial charge in [-0.15, -0.1) is 21.8 Å². The SMILES string of the molecule is FC(F)(F)c1ccc(NCC2CCCCC2Cl)nn1. The molecule has 1 aliphatic carbocycles. The molecular weight excluding hydrogens is 279 g/mol. The number of hydrogen-bond donors (Lipinski definition) is 1. The van der Waals surface area contributed by atoms with Crippen molar-refractivity contribution in [1.29, 1.82) is 0 Å². The number of hydrogen-bond acceptors (Lipinski definition) is 3. The van der Waals surface area contributed by atoms with Gasteiger partial charge in [-0.1, -0.05) is 12.8 Å². The molecule has 0 bridgehead atoms. The fraction of sp³-hybridized carbons (Fsp3) is 0.667. The number of alkyl halides is 4. The molecule has 0 aliphatic heterocycles. The Hall–Kier alpha value is -1.04. The van der Waals surface area contributed by atoms with Crippen LogP contribution in [0.25, 0.3) is 0 Å². The van der Waals surface area contributed by atoms with Crippen molar-refractivity contribution in [1.82, 2.24) is 10.2 Å². The number of rotatable bonds is 3. The van der Waals surface area contributed by atoms with Gasteiger partial charge in [-0.25, -0.2) is 0 Å². The maximum atomic E-state index is 12.3. The molecule has 1 aliphatic rings. The van der Waals surface area contributed by atoms with Crippen LogP contribution in [0.1, 0.15) is 31.4 Å². The van der Waals surface area contributed by atoms with E-state index in [4.69, 9.17) is 11.6 Å². The minimum Gasteiger partial charge on any atom is -0.368 e. The largest absolute Gasteiger partial charge is 0.435 e. The molecule has 19 heavy (non-hydrogen) atoms. The highest BCUT2D eigenvalue weighted by atomic mass is 35.5. The molecule has 1 heterocycles. The smallest absolute Gasteiger partial charge is 0.368 e. The normalized spacial score (nSPS) is 24.2. The van der Waals surface area contributed by atoms with Crippen molar-refractivity contribution in [2.45, 2.75) is 37.2 Å². The van der Waals surface area contributed by atoms with Crippen molar-refractivity contribution >= 4 is 17.4 Å². The topological polar surface area (TPSA) is 37.8 Å². The van der Waals surface area contributed by atoms with E-state index in [2.05, 4.69) is 15.5 Å². The Morgan fingerprint density at radius 3 is 2.53 bits per heavy atom. The highest BCUT2D eigenvalue weighted by Gasteiger charge is 2.32. The second-order valence-corrected chi connectivity index (χ2v) is 5.30. The van der Waals surface area contributed by atoms with Gasteiger partial charge in [-0.3, -0.25) is 0 Å². The fourth-order valence-corrected chi connectivity index (χ4v) is 2.58. The molecule has 2 rings (SSSR count). The van der Waals surface area contributed by atoms with Crippen LogP contribution >= 0.6 is 11.6 Å². The van der Waals surface area contributed by atoms with E-state index < -0.39 is 11.9 Å². The summed E-state index contributed by atoms with van der Waals surface area (Å²) in [7, 11) is 0. The third-order valence-corrected chi connectivity index (χ3v) is 3.89. The number of aromatic nitrogens is 2. The lowest BCUT2D eigenvalue weighted by Gasteiger charge is -2.27. The summed E-state index contributed by atoms with van der Waals surface area (Å²) in [6.07, 6.45) is -0.128. The van der Waals surface area contributed by atoms with Crippen molar-refractivity contribution in [3.8, 4) is 0 Å². The molecule has 2 unspecified atom stereocenters. The second-order valence-electron chi connectivity index (χ2n) is 4.74. The predicted molar refractivity (Wildman–Crippen MR) is 67.1 cm³/mol. The summed E-state index contributed by atoms with van der Waals surface area (Å²) in [5.74, 6) is 0.682. The summed E-state index contributed by atoms with van der Waals surface area (Å²) < 4.78 is 36.9. The van der Waals surface area contributed by atoms with Gasteiger partial charge in [0.1, 0.15) is 5.82 Å². The van der Waals surface area contributed by atoms with Crippen LogP contribution in [0.3, 0.4) is 0 Å². The minimum absolute atomic E-state index is 0.128. The molecule has 1 fully saturated rings. The van der Waals surface area contributed by atoms with E-state index in [0.29, 0.717) is 18.3 Å². The zero-order valence-corrected chi connectivity index (χ0v) is 11.0. The van der Waals surface area contributed by atoms with Gasteiger partial charge in [0.05, 0.1) is 0 Å². The molecule has 1 saturated carbocycles. The van der Waals surface area contributed by atoms with Crippen molar-refractivity contribution in [3.63, 3.8) is 0 Å². The van der Waals surface area contributed by atoms with E-state index in [1.165, 1.54) is 6.07 Å². The number of halogens is 4. The summed E-state index contributed by atoms with van der Waals surface area (Å²) in [5, 5.41) is 9.82. The molecule has 7 heteroatoms. The fourth-order valence-electron chi connectivity index (χ4n) is 2.21. The van der Waals surface area contributed by atoms with Gasteiger partial charge >= 0.3 is 6.18 Å². The highest BCUT2D eigenvalue weighted by Crippen LogP contribution is 2.29. The Bertz CT molecular complexity index is 408. The molecule has 1 N–H and O–H groups in total. The van der Waals surface area contributed by atoms with Gasteiger partial charge in [0, 0.05) is 11.9 Å². The number of nitrogens with zero attached hydrogens (tertiary/aromatic N) is 2. The maximum absolute atomic E-state index is 12.3. The molecule has 0 aromatic carbocycles. The van der Waals surface area contributed by atoms with Gasteiger partial charge in [0.15, 0.2) is 5.69 Å². The second kappa shape index (κ2) is 5.94. The molecule has 3 nitrogen and oxygen atoms in total. The molecule has 0 saturated heterocycles. The van der Waals surface area contributed by atoms with Crippen molar-refractivity contribution < 1.29 is 13.2 Å². The molecule has 0 spiro atoms. The molecule has 2 atom stereocenters. The third-order valence-electron chi connectivity index (χ3n) is 3.32. The highest BCUT2D eigenvalue weighted by molar-refractivity contribution is 6.20. The Morgan fingerprint density at radius 2 is 1.95 bits per heavy atom. The van der Waals surface area contributed by atoms with Crippen molar-refractivity contribution in [2.75, 3.05) is 11.9 Å². The van der Waals surface area contributed by atoms with Gasteiger partial charge in [-0.05, 0) is 30.9 Å². The Kier molecular flexibility index (Phi) is 4.50. The first-order chi connectivity index (χ1) is 8.97. The van der Waals surface area contributed by atoms with E-state index in [-0.39, 0.29) is 5.38 Å². The number of nitrogens with one attached hydrogen (secondary N) is 1. The molecule has 1 aromatic heterocycles. The zero-order chi connectivity index (χ0) is 13.9. The van der Waals surface area contributed by atoms with Crippen LogP contribution in [0.2, 0.25) is 0 Å². The first kappa shape index (κ1) is 14.4. The first-order valence-corrected chi connectivity index (χ1v) is 6.69. The Labute approximate surface area is 114 Å². The van der Waals surface area contributed by atoms with E-state index in [0.717, 1.165) is 31.7 Å². The summed E-state index contributed by atoms with van der Waals surface area (Å²) >= 11 is 6.21. The maximum Gasteiger partial charge on any atom is 0.435 e. The third kappa shape index (κ3) is 3.96. The Balaban J connectivity index is 1.89. The summed E-state index contributed by atoms with van der Waals surface area (Å²) in [5.41, 5.74) is -0.981. The molecule has 106 valence electrons. The van der Waals surface area contributed by atoms with Crippen LogP contribution < -0.4 is 5.32 Å². The van der Waals surface area contributed by atoms with Crippen LogP contribution in [0.5, 0.6) is 0 Å². The van der Waals surface area contributed by atoms with Crippen LogP contribution in [-0.2, 0) is 6.18 Å². The average Bonchev–Trinajstić information content (AvgIpc) is 2.37. The summed E-state index contributed by atoms with van der Waals surface area (Å²) in [4.78, 5) is 0. The van der Waals surface area contributed by atoms with Gasteiger partial charge in [0.25, 0.3) is 0 Å². The van der Waals surface area contributed by atoms with Gasteiger partial charge in [0.2, 0.25) is 0 Å². The lowest BCUT2D eigenvalue weighted by Crippen LogP contribution is -2.27. The van der Waals surface area contributed by atoms with Crippen LogP contribution in [0.4, 0.5) is 19.0 Å². The van der Waals surface area contributed by atoms with E-state index in [1.54, 1.807) is 0 Å². The minimum atomic E-state index is -4.45. The number of anilines is 1. The van der Waals surface area contributed by atoms with Crippen LogP contribution in [-0.4, -0.2) is 22.1 Å². The van der Waals surface area contributed by atoms with Gasteiger partial charge < -0.3 is 5.32 Å². The summed E-state index contributed by atoms with van der Waals surface area (Å²) in [6, 6.07) is 2.22. The van der Waals surface area contributed by atoms with E-state index >= 15 is 0 Å². The Morgan fingerprint density at radius 1 is 1.21 bits per heavy atom. The standard InChI is InChI=1S/C12H15ClF3N3/c13-9-4-2-1-3-8(9)7-17-11-6-5-10(18-19-11)12(14,15)16/h5-6,8-9H,1-4,7H2,(H,17,19). The van der Waals surface area contributed by atoms with Gasteiger partial charge in [-0.2, -0.15) is 13.2 Å². The molecule has 0 amide bonds. The zero-order valence-electron chi connectivity index (χ0n) is 10.3. The monoisotopic (exact) mass is 293 g/mol.